The normalized spacial score (nSPS) is 12.4. The Kier molecular flexibility index (Phi) is 5.79. The van der Waals surface area contributed by atoms with Crippen LogP contribution in [-0.4, -0.2) is 23.5 Å². The lowest BCUT2D eigenvalue weighted by Gasteiger charge is -2.12. The van der Waals surface area contributed by atoms with Gasteiger partial charge in [0, 0.05) is 17.0 Å². The molecule has 0 saturated heterocycles. The van der Waals surface area contributed by atoms with Crippen molar-refractivity contribution in [3.63, 3.8) is 0 Å². The minimum Gasteiger partial charge on any atom is -0.350 e. The van der Waals surface area contributed by atoms with Crippen molar-refractivity contribution in [3.05, 3.63) is 22.4 Å². The number of thiophene rings is 1. The van der Waals surface area contributed by atoms with Gasteiger partial charge in [-0.25, -0.2) is 0 Å². The molecule has 0 fully saturated rings. The number of rotatable bonds is 6. The molecule has 15 heavy (non-hydrogen) atoms. The summed E-state index contributed by atoms with van der Waals surface area (Å²) in [6.45, 7) is 4.21. The van der Waals surface area contributed by atoms with E-state index < -0.39 is 0 Å². The fraction of sp³-hybridized carbons (Fsp3) is 0.545. The zero-order chi connectivity index (χ0) is 11.1. The number of hydrogen-bond acceptors (Lipinski definition) is 3. The Hall–Kier alpha value is -0.480. The summed E-state index contributed by atoms with van der Waals surface area (Å²) in [6, 6.07) is 2.12. The quantitative estimate of drug-likeness (QED) is 0.778. The number of hydrogen-bond donors (Lipinski definition) is 1. The zero-order valence-corrected chi connectivity index (χ0v) is 10.8. The topological polar surface area (TPSA) is 29.1 Å². The van der Waals surface area contributed by atoms with Crippen molar-refractivity contribution in [3.8, 4) is 0 Å². The molecule has 4 heteroatoms. The van der Waals surface area contributed by atoms with Gasteiger partial charge in [-0.1, -0.05) is 6.92 Å². The highest BCUT2D eigenvalue weighted by Gasteiger charge is 2.09. The summed E-state index contributed by atoms with van der Waals surface area (Å²) >= 11 is 3.46. The second-order valence-electron chi connectivity index (χ2n) is 3.37. The van der Waals surface area contributed by atoms with Crippen molar-refractivity contribution in [2.24, 2.45) is 0 Å². The highest BCUT2D eigenvalue weighted by molar-refractivity contribution is 7.99. The molecular weight excluding hydrogens is 226 g/mol. The van der Waals surface area contributed by atoms with Gasteiger partial charge in [0.15, 0.2) is 0 Å². The molecule has 0 spiro atoms. The van der Waals surface area contributed by atoms with Gasteiger partial charge in [0.2, 0.25) is 0 Å². The second kappa shape index (κ2) is 6.90. The van der Waals surface area contributed by atoms with E-state index in [9.17, 15) is 4.79 Å². The lowest BCUT2D eigenvalue weighted by Crippen LogP contribution is -2.32. The van der Waals surface area contributed by atoms with Crippen LogP contribution in [0.2, 0.25) is 0 Å². The Morgan fingerprint density at radius 2 is 2.47 bits per heavy atom. The third-order valence-corrected chi connectivity index (χ3v) is 3.68. The molecule has 0 bridgehead atoms. The molecular formula is C11H17NOS2. The van der Waals surface area contributed by atoms with E-state index in [0.717, 1.165) is 23.5 Å². The summed E-state index contributed by atoms with van der Waals surface area (Å²) in [5.41, 5.74) is 0.773. The van der Waals surface area contributed by atoms with E-state index in [4.69, 9.17) is 0 Å². The van der Waals surface area contributed by atoms with Gasteiger partial charge in [-0.2, -0.15) is 23.1 Å². The fourth-order valence-electron chi connectivity index (χ4n) is 1.18. The van der Waals surface area contributed by atoms with Crippen molar-refractivity contribution < 1.29 is 4.79 Å². The number of nitrogens with one attached hydrogen (secondary N) is 1. The predicted octanol–water partition coefficient (Wildman–Crippen LogP) is 3.01. The van der Waals surface area contributed by atoms with E-state index in [1.807, 2.05) is 28.6 Å². The molecule has 0 unspecified atom stereocenters. The summed E-state index contributed by atoms with van der Waals surface area (Å²) in [7, 11) is 0. The van der Waals surface area contributed by atoms with Crippen LogP contribution in [0.5, 0.6) is 0 Å². The van der Waals surface area contributed by atoms with E-state index in [0.29, 0.717) is 0 Å². The molecule has 0 aliphatic heterocycles. The van der Waals surface area contributed by atoms with Crippen LogP contribution in [0.4, 0.5) is 0 Å². The molecule has 84 valence electrons. The fourth-order valence-corrected chi connectivity index (χ4v) is 2.62. The van der Waals surface area contributed by atoms with Gasteiger partial charge in [0.05, 0.1) is 0 Å². The molecule has 1 aromatic rings. The van der Waals surface area contributed by atoms with Crippen molar-refractivity contribution >= 4 is 29.0 Å². The maximum Gasteiger partial charge on any atom is 0.252 e. The van der Waals surface area contributed by atoms with Crippen LogP contribution in [0.15, 0.2) is 16.8 Å². The molecule has 1 aromatic heterocycles. The van der Waals surface area contributed by atoms with Gasteiger partial charge in [-0.15, -0.1) is 0 Å². The number of thioether (sulfide) groups is 1. The first-order valence-electron chi connectivity index (χ1n) is 5.14. The molecule has 0 aliphatic carbocycles. The van der Waals surface area contributed by atoms with Crippen LogP contribution in [0.25, 0.3) is 0 Å². The molecule has 2 nitrogen and oxygen atoms in total. The molecule has 1 atom stereocenters. The van der Waals surface area contributed by atoms with E-state index in [1.54, 1.807) is 11.3 Å². The molecule has 0 radical (unpaired) electrons. The van der Waals surface area contributed by atoms with Gasteiger partial charge in [0.25, 0.3) is 5.91 Å². The van der Waals surface area contributed by atoms with Crippen LogP contribution in [0, 0.1) is 0 Å². The highest BCUT2D eigenvalue weighted by atomic mass is 32.2. The first-order chi connectivity index (χ1) is 7.24. The Balaban J connectivity index is 2.26. The van der Waals surface area contributed by atoms with Crippen LogP contribution in [0.3, 0.4) is 0 Å². The van der Waals surface area contributed by atoms with Crippen LogP contribution >= 0.6 is 23.1 Å². The van der Waals surface area contributed by atoms with Gasteiger partial charge < -0.3 is 5.32 Å². The van der Waals surface area contributed by atoms with E-state index in [2.05, 4.69) is 19.2 Å². The Morgan fingerprint density at radius 1 is 1.67 bits per heavy atom. The van der Waals surface area contributed by atoms with E-state index in [-0.39, 0.29) is 11.9 Å². The first-order valence-corrected chi connectivity index (χ1v) is 7.24. The predicted molar refractivity (Wildman–Crippen MR) is 68.9 cm³/mol. The Morgan fingerprint density at radius 3 is 3.07 bits per heavy atom. The van der Waals surface area contributed by atoms with Crippen LogP contribution in [-0.2, 0) is 0 Å². The molecule has 1 amide bonds. The third kappa shape index (κ3) is 4.71. The summed E-state index contributed by atoms with van der Waals surface area (Å²) in [5.74, 6) is 2.30. The molecule has 0 aliphatic rings. The van der Waals surface area contributed by atoms with Crippen molar-refractivity contribution in [1.29, 1.82) is 0 Å². The molecule has 0 saturated carbocycles. The molecule has 1 N–H and O–H groups in total. The van der Waals surface area contributed by atoms with Crippen molar-refractivity contribution in [1.82, 2.24) is 5.32 Å². The van der Waals surface area contributed by atoms with Crippen LogP contribution < -0.4 is 5.32 Å². The summed E-state index contributed by atoms with van der Waals surface area (Å²) in [5, 5.41) is 6.80. The van der Waals surface area contributed by atoms with E-state index >= 15 is 0 Å². The minimum absolute atomic E-state index is 0.0465. The average molecular weight is 243 g/mol. The lowest BCUT2D eigenvalue weighted by atomic mass is 10.2. The standard InChI is InChI=1S/C11H17NOS2/c1-3-14-6-4-9(2)12-11(13)10-5-7-15-8-10/h5,7-9H,3-4,6H2,1-2H3,(H,12,13)/t9-/m1/s1. The maximum absolute atomic E-state index is 11.6. The Labute approximate surface area is 99.5 Å². The smallest absolute Gasteiger partial charge is 0.252 e. The van der Waals surface area contributed by atoms with Crippen molar-refractivity contribution in [2.45, 2.75) is 26.3 Å². The summed E-state index contributed by atoms with van der Waals surface area (Å²) in [6.07, 6.45) is 1.04. The van der Waals surface area contributed by atoms with Gasteiger partial charge in [-0.3, -0.25) is 4.79 Å². The first kappa shape index (κ1) is 12.6. The second-order valence-corrected chi connectivity index (χ2v) is 5.55. The van der Waals surface area contributed by atoms with Gasteiger partial charge >= 0.3 is 0 Å². The van der Waals surface area contributed by atoms with Crippen molar-refractivity contribution in [2.75, 3.05) is 11.5 Å². The van der Waals surface area contributed by atoms with E-state index in [1.165, 1.54) is 0 Å². The SMILES string of the molecule is CCSCC[C@@H](C)NC(=O)c1ccsc1. The maximum atomic E-state index is 11.6. The molecule has 1 heterocycles. The monoisotopic (exact) mass is 243 g/mol. The molecule has 1 rings (SSSR count). The summed E-state index contributed by atoms with van der Waals surface area (Å²) < 4.78 is 0. The number of carbonyl (C=O) groups is 1. The summed E-state index contributed by atoms with van der Waals surface area (Å²) in [4.78, 5) is 11.6. The average Bonchev–Trinajstić information content (AvgIpc) is 2.70. The minimum atomic E-state index is 0.0465. The zero-order valence-electron chi connectivity index (χ0n) is 9.16. The molecule has 0 aromatic carbocycles. The van der Waals surface area contributed by atoms with Gasteiger partial charge in [-0.05, 0) is 36.3 Å². The number of carbonyl (C=O) groups excluding carboxylic acids is 1. The largest absolute Gasteiger partial charge is 0.350 e. The lowest BCUT2D eigenvalue weighted by molar-refractivity contribution is 0.0940. The van der Waals surface area contributed by atoms with Gasteiger partial charge in [0.1, 0.15) is 0 Å². The number of amides is 1. The third-order valence-electron chi connectivity index (χ3n) is 2.06. The highest BCUT2D eigenvalue weighted by Crippen LogP contribution is 2.07. The van der Waals surface area contributed by atoms with Crippen LogP contribution in [0.1, 0.15) is 30.6 Å². The Bertz CT molecular complexity index is 285.